The summed E-state index contributed by atoms with van der Waals surface area (Å²) < 4.78 is 40.5. The number of benzene rings is 1. The number of hydrogen-bond donors (Lipinski definition) is 2. The summed E-state index contributed by atoms with van der Waals surface area (Å²) in [4.78, 5) is 6.41. The van der Waals surface area contributed by atoms with Crippen LogP contribution in [0.4, 0.5) is 27.5 Å². The van der Waals surface area contributed by atoms with E-state index >= 15 is 4.39 Å². The van der Waals surface area contributed by atoms with Gasteiger partial charge in [-0.3, -0.25) is 9.78 Å². The average molecular weight is 496 g/mol. The van der Waals surface area contributed by atoms with Gasteiger partial charge in [0.1, 0.15) is 17.5 Å². The first-order chi connectivity index (χ1) is 16.6. The fraction of sp³-hybridized carbons (Fsp3) is 0.292. The largest absolute Gasteiger partial charge is 0.327 e. The van der Waals surface area contributed by atoms with Crippen LogP contribution in [0.1, 0.15) is 30.0 Å². The molecule has 1 aliphatic carbocycles. The third-order valence-electron chi connectivity index (χ3n) is 6.05. The van der Waals surface area contributed by atoms with Gasteiger partial charge in [-0.2, -0.15) is 10.2 Å². The molecule has 0 atom stereocenters. The Hall–Kier alpha value is -3.73. The Balaban J connectivity index is 1.65. The zero-order valence-electron chi connectivity index (χ0n) is 19.9. The van der Waals surface area contributed by atoms with Crippen LogP contribution in [0.3, 0.4) is 0 Å². The van der Waals surface area contributed by atoms with Gasteiger partial charge in [0.05, 0.1) is 16.8 Å². The number of hydrogen-bond acceptors (Lipinski definition) is 7. The van der Waals surface area contributed by atoms with Gasteiger partial charge in [0.25, 0.3) is 0 Å². The summed E-state index contributed by atoms with van der Waals surface area (Å²) in [5.74, 6) is 1.48. The second kappa shape index (κ2) is 8.49. The first kappa shape index (κ1) is 23.0. The van der Waals surface area contributed by atoms with E-state index < -0.39 is 15.7 Å². The Morgan fingerprint density at radius 1 is 1.23 bits per heavy atom. The number of anilines is 4. The highest BCUT2D eigenvalue weighted by Crippen LogP contribution is 2.49. The highest BCUT2D eigenvalue weighted by atomic mass is 32.2. The van der Waals surface area contributed by atoms with Gasteiger partial charge in [-0.05, 0) is 55.5 Å². The highest BCUT2D eigenvalue weighted by Gasteiger charge is 2.32. The van der Waals surface area contributed by atoms with Crippen molar-refractivity contribution in [2.75, 3.05) is 23.5 Å². The molecule has 1 saturated carbocycles. The number of halogens is 1. The number of H-pyrrole nitrogens is 1. The minimum Gasteiger partial charge on any atom is -0.327 e. The number of aromatic amines is 1. The van der Waals surface area contributed by atoms with Gasteiger partial charge in [0.15, 0.2) is 15.7 Å². The lowest BCUT2D eigenvalue weighted by Crippen LogP contribution is -2.15. The van der Waals surface area contributed by atoms with Crippen LogP contribution in [0.5, 0.6) is 0 Å². The average Bonchev–Trinajstić information content (AvgIpc) is 3.41. The van der Waals surface area contributed by atoms with E-state index in [1.54, 1.807) is 22.8 Å². The number of aromatic nitrogens is 5. The number of nitrogens with zero attached hydrogens (tertiary/aromatic N) is 5. The van der Waals surface area contributed by atoms with Crippen LogP contribution in [-0.4, -0.2) is 46.7 Å². The van der Waals surface area contributed by atoms with Crippen LogP contribution >= 0.6 is 0 Å². The van der Waals surface area contributed by atoms with Crippen molar-refractivity contribution < 1.29 is 12.8 Å². The predicted octanol–water partition coefficient (Wildman–Crippen LogP) is 4.45. The Bertz CT molecular complexity index is 1520. The molecule has 0 bridgehead atoms. The van der Waals surface area contributed by atoms with Gasteiger partial charge in [-0.15, -0.1) is 0 Å². The molecule has 0 aliphatic heterocycles. The molecule has 5 rings (SSSR count). The van der Waals surface area contributed by atoms with Crippen LogP contribution in [-0.2, 0) is 16.9 Å². The molecule has 1 fully saturated rings. The maximum absolute atomic E-state index is 15.0. The number of sulfone groups is 1. The van der Waals surface area contributed by atoms with Crippen molar-refractivity contribution in [1.82, 2.24) is 25.0 Å². The zero-order chi connectivity index (χ0) is 24.9. The number of aryl methyl sites for hydroxylation is 2. The first-order valence-corrected chi connectivity index (χ1v) is 13.1. The minimum atomic E-state index is -3.52. The molecule has 9 nitrogen and oxygen atoms in total. The summed E-state index contributed by atoms with van der Waals surface area (Å²) in [6.07, 6.45) is 6.90. The van der Waals surface area contributed by atoms with Crippen molar-refractivity contribution >= 4 is 33.0 Å². The van der Waals surface area contributed by atoms with E-state index in [1.807, 2.05) is 32.3 Å². The molecule has 0 spiro atoms. The molecule has 11 heteroatoms. The summed E-state index contributed by atoms with van der Waals surface area (Å²) in [5.41, 5.74) is 4.08. The molecule has 3 aromatic heterocycles. The summed E-state index contributed by atoms with van der Waals surface area (Å²) >= 11 is 0. The van der Waals surface area contributed by atoms with Crippen LogP contribution in [0.25, 0.3) is 11.1 Å². The van der Waals surface area contributed by atoms with Gasteiger partial charge in [0, 0.05) is 49.4 Å². The quantitative estimate of drug-likeness (QED) is 0.390. The normalized spacial score (nSPS) is 13.7. The molecule has 3 heterocycles. The Morgan fingerprint density at radius 2 is 2.00 bits per heavy atom. The highest BCUT2D eigenvalue weighted by molar-refractivity contribution is 7.90. The molecule has 182 valence electrons. The van der Waals surface area contributed by atoms with Gasteiger partial charge in [-0.25, -0.2) is 17.8 Å². The van der Waals surface area contributed by atoms with Crippen molar-refractivity contribution in [3.8, 4) is 11.1 Å². The summed E-state index contributed by atoms with van der Waals surface area (Å²) in [7, 11) is 0.0379. The Kier molecular flexibility index (Phi) is 5.59. The second-order valence-corrected chi connectivity index (χ2v) is 11.0. The molecule has 0 radical (unpaired) electrons. The fourth-order valence-electron chi connectivity index (χ4n) is 4.11. The molecule has 35 heavy (non-hydrogen) atoms. The summed E-state index contributed by atoms with van der Waals surface area (Å²) in [6.45, 7) is 1.92. The van der Waals surface area contributed by atoms with Crippen molar-refractivity contribution in [3.63, 3.8) is 0 Å². The van der Waals surface area contributed by atoms with E-state index in [0.29, 0.717) is 23.4 Å². The number of pyridine rings is 1. The molecule has 0 unspecified atom stereocenters. The van der Waals surface area contributed by atoms with Gasteiger partial charge in [-0.1, -0.05) is 0 Å². The third-order valence-corrected chi connectivity index (χ3v) is 7.16. The maximum atomic E-state index is 15.0. The van der Waals surface area contributed by atoms with Crippen molar-refractivity contribution in [3.05, 3.63) is 59.8 Å². The zero-order valence-corrected chi connectivity index (χ0v) is 20.7. The van der Waals surface area contributed by atoms with Crippen molar-refractivity contribution in [1.29, 1.82) is 0 Å². The lowest BCUT2D eigenvalue weighted by Gasteiger charge is -2.23. The van der Waals surface area contributed by atoms with E-state index in [-0.39, 0.29) is 10.6 Å². The van der Waals surface area contributed by atoms with Crippen LogP contribution < -0.4 is 10.2 Å². The van der Waals surface area contributed by atoms with Crippen molar-refractivity contribution in [2.45, 2.75) is 30.6 Å². The predicted molar refractivity (Wildman–Crippen MR) is 133 cm³/mol. The van der Waals surface area contributed by atoms with E-state index in [0.717, 1.165) is 47.5 Å². The monoisotopic (exact) mass is 495 g/mol. The number of nitrogens with one attached hydrogen (secondary N) is 2. The lowest BCUT2D eigenvalue weighted by atomic mass is 9.99. The van der Waals surface area contributed by atoms with E-state index in [9.17, 15) is 8.42 Å². The fourth-order valence-corrected chi connectivity index (χ4v) is 4.74. The van der Waals surface area contributed by atoms with Crippen LogP contribution in [0.15, 0.2) is 47.6 Å². The van der Waals surface area contributed by atoms with Crippen molar-refractivity contribution in [2.24, 2.45) is 7.05 Å². The van der Waals surface area contributed by atoms with E-state index in [1.165, 1.54) is 12.1 Å². The first-order valence-electron chi connectivity index (χ1n) is 11.2. The molecule has 0 saturated heterocycles. The molecule has 1 aromatic carbocycles. The van der Waals surface area contributed by atoms with Gasteiger partial charge < -0.3 is 10.2 Å². The smallest absolute Gasteiger partial charge is 0.175 e. The summed E-state index contributed by atoms with van der Waals surface area (Å²) in [5, 5.41) is 14.9. The maximum Gasteiger partial charge on any atom is 0.175 e. The Morgan fingerprint density at radius 3 is 2.57 bits per heavy atom. The van der Waals surface area contributed by atoms with Gasteiger partial charge >= 0.3 is 0 Å². The molecular formula is C24H26FN7O2S. The lowest BCUT2D eigenvalue weighted by molar-refractivity contribution is 0.596. The number of rotatable bonds is 7. The standard InChI is InChI=1S/C24H26FN7O2S/c1-14-9-21(30-29-14)27-24-23(15-5-6-15)18(16-12-26-31(2)13-16)11-22(28-24)32(3)20-8-7-17(10-19(20)25)35(4,33)34/h7-13,15H,5-6H2,1-4H3,(H2,27,28,29,30). The molecule has 4 aromatic rings. The van der Waals surface area contributed by atoms with Crippen LogP contribution in [0, 0.1) is 12.7 Å². The van der Waals surface area contributed by atoms with Crippen LogP contribution in [0.2, 0.25) is 0 Å². The molecule has 1 aliphatic rings. The minimum absolute atomic E-state index is 0.0727. The summed E-state index contributed by atoms with van der Waals surface area (Å²) in [6, 6.07) is 7.71. The molecule has 2 N–H and O–H groups in total. The SMILES string of the molecule is Cc1cc(Nc2nc(N(C)c3ccc(S(C)(=O)=O)cc3F)cc(-c3cnn(C)c3)c2C2CC2)n[nH]1. The van der Waals surface area contributed by atoms with E-state index in [4.69, 9.17) is 4.98 Å². The third kappa shape index (κ3) is 4.63. The topological polar surface area (TPSA) is 109 Å². The molecular weight excluding hydrogens is 469 g/mol. The molecule has 0 amide bonds. The van der Waals surface area contributed by atoms with E-state index in [2.05, 4.69) is 20.6 Å². The Labute approximate surface area is 202 Å². The second-order valence-electron chi connectivity index (χ2n) is 8.97. The van der Waals surface area contributed by atoms with Gasteiger partial charge in [0.2, 0.25) is 0 Å².